The lowest BCUT2D eigenvalue weighted by atomic mass is 10.0. The van der Waals surface area contributed by atoms with Crippen LogP contribution in [0.25, 0.3) is 54.8 Å². The molecule has 46 heavy (non-hydrogen) atoms. The third-order valence-corrected chi connectivity index (χ3v) is 7.58. The van der Waals surface area contributed by atoms with Crippen molar-refractivity contribution in [1.29, 1.82) is 0 Å². The molecule has 6 aromatic rings. The minimum atomic E-state index is -0.436. The molecule has 2 aromatic heterocycles. The molecule has 12 heteroatoms. The van der Waals surface area contributed by atoms with Gasteiger partial charge in [-0.05, 0) is 71.8 Å². The van der Waals surface area contributed by atoms with Gasteiger partial charge in [0.05, 0.1) is 53.2 Å². The maximum atomic E-state index is 13.8. The molecule has 2 heterocycles. The fraction of sp³-hybridized carbons (Fsp3) is 0.0882. The molecule has 0 amide bonds. The molecule has 0 aliphatic carbocycles. The van der Waals surface area contributed by atoms with Crippen LogP contribution in [-0.4, -0.2) is 30.5 Å². The molecule has 0 unspecified atom stereocenters. The van der Waals surface area contributed by atoms with Gasteiger partial charge in [-0.2, -0.15) is 0 Å². The number of pyridine rings is 2. The number of para-hydroxylation sites is 2. The first-order chi connectivity index (χ1) is 22.3. The lowest BCUT2D eigenvalue weighted by Gasteiger charge is -2.13. The SMILES string of the molecule is COc1ccc(F)cc1-c1nc2c(Cl)cccc2cc1C=O.COc1ccc(F)cc1-c1nc2c(Cl)cccc2cc1CN=[N+]=[N-]. The van der Waals surface area contributed by atoms with E-state index in [1.54, 1.807) is 24.3 Å². The van der Waals surface area contributed by atoms with Crippen molar-refractivity contribution in [3.63, 3.8) is 0 Å². The molecule has 0 aliphatic rings. The molecule has 0 saturated heterocycles. The summed E-state index contributed by atoms with van der Waals surface area (Å²) in [6.07, 6.45) is 0.688. The Morgan fingerprint density at radius 3 is 1.83 bits per heavy atom. The number of azide groups is 1. The molecular weight excluding hydrogens is 635 g/mol. The lowest BCUT2D eigenvalue weighted by molar-refractivity contribution is 0.112. The van der Waals surface area contributed by atoms with Crippen LogP contribution in [-0.2, 0) is 6.54 Å². The molecule has 0 bridgehead atoms. The number of methoxy groups -OCH3 is 2. The molecule has 8 nitrogen and oxygen atoms in total. The van der Waals surface area contributed by atoms with Gasteiger partial charge < -0.3 is 9.47 Å². The molecule has 6 rings (SSSR count). The zero-order valence-corrected chi connectivity index (χ0v) is 25.9. The lowest BCUT2D eigenvalue weighted by Crippen LogP contribution is -1.97. The van der Waals surface area contributed by atoms with E-state index in [0.29, 0.717) is 72.5 Å². The van der Waals surface area contributed by atoms with Crippen molar-refractivity contribution in [3.8, 4) is 34.0 Å². The Morgan fingerprint density at radius 1 is 0.783 bits per heavy atom. The molecular formula is C34H23Cl2F2N5O3. The second kappa shape index (κ2) is 14.2. The molecule has 0 atom stereocenters. The third kappa shape index (κ3) is 6.69. The van der Waals surface area contributed by atoms with Crippen LogP contribution in [0.5, 0.6) is 11.5 Å². The molecule has 0 radical (unpaired) electrons. The summed E-state index contributed by atoms with van der Waals surface area (Å²) in [5, 5.41) is 6.11. The second-order valence-corrected chi connectivity index (χ2v) is 10.6. The minimum absolute atomic E-state index is 0.0843. The van der Waals surface area contributed by atoms with E-state index in [0.717, 1.165) is 10.8 Å². The Balaban J connectivity index is 0.000000182. The van der Waals surface area contributed by atoms with E-state index in [9.17, 15) is 13.6 Å². The maximum absolute atomic E-state index is 13.8. The fourth-order valence-electron chi connectivity index (χ4n) is 4.88. The van der Waals surface area contributed by atoms with E-state index in [-0.39, 0.29) is 6.54 Å². The summed E-state index contributed by atoms with van der Waals surface area (Å²) in [5.41, 5.74) is 12.5. The van der Waals surface area contributed by atoms with E-state index < -0.39 is 11.6 Å². The summed E-state index contributed by atoms with van der Waals surface area (Å²) in [6, 6.07) is 22.5. The molecule has 0 fully saturated rings. The van der Waals surface area contributed by atoms with Crippen LogP contribution in [0.2, 0.25) is 10.0 Å². The Labute approximate surface area is 271 Å². The van der Waals surface area contributed by atoms with E-state index in [2.05, 4.69) is 20.0 Å². The van der Waals surface area contributed by atoms with Crippen molar-refractivity contribution in [3.05, 3.63) is 128 Å². The van der Waals surface area contributed by atoms with Gasteiger partial charge in [-0.1, -0.05) is 52.6 Å². The average molecular weight is 658 g/mol. The zero-order valence-electron chi connectivity index (χ0n) is 24.3. The fourth-order valence-corrected chi connectivity index (χ4v) is 5.33. The maximum Gasteiger partial charge on any atom is 0.152 e. The number of aromatic nitrogens is 2. The van der Waals surface area contributed by atoms with Crippen LogP contribution in [0.1, 0.15) is 15.9 Å². The number of fused-ring (bicyclic) bond motifs is 2. The molecule has 0 saturated carbocycles. The van der Waals surface area contributed by atoms with Crippen molar-refractivity contribution in [2.75, 3.05) is 14.2 Å². The van der Waals surface area contributed by atoms with Crippen LogP contribution in [0.15, 0.2) is 90.0 Å². The molecule has 230 valence electrons. The number of hydrogen-bond acceptors (Lipinski definition) is 6. The van der Waals surface area contributed by atoms with Gasteiger partial charge in [0, 0.05) is 32.4 Å². The first kappa shape index (κ1) is 32.1. The number of carbonyl (C=O) groups is 1. The Bertz CT molecular complexity index is 2160. The van der Waals surface area contributed by atoms with E-state index >= 15 is 0 Å². The topological polar surface area (TPSA) is 110 Å². The van der Waals surface area contributed by atoms with Crippen molar-refractivity contribution in [1.82, 2.24) is 9.97 Å². The van der Waals surface area contributed by atoms with Gasteiger partial charge in [0.15, 0.2) is 6.29 Å². The van der Waals surface area contributed by atoms with Crippen LogP contribution < -0.4 is 9.47 Å². The standard InChI is InChI=1S/C17H12ClFN4O.C17H11ClFNO2/c1-24-15-6-5-12(19)8-13(15)16-11(9-21-23-20)7-10-3-2-4-14(18)17(10)22-16;1-22-15-6-5-12(19)8-13(15)16-11(9-21)7-10-3-2-4-14(18)17(10)20-16/h2-8H,9H2,1H3;2-9H,1H3. The highest BCUT2D eigenvalue weighted by atomic mass is 35.5. The Kier molecular flexibility index (Phi) is 9.93. The highest BCUT2D eigenvalue weighted by molar-refractivity contribution is 6.35. The highest BCUT2D eigenvalue weighted by Gasteiger charge is 2.17. The number of hydrogen-bond donors (Lipinski definition) is 0. The second-order valence-electron chi connectivity index (χ2n) is 9.74. The number of carbonyl (C=O) groups excluding carboxylic acids is 1. The molecule has 0 aliphatic heterocycles. The average Bonchev–Trinajstić information content (AvgIpc) is 3.07. The van der Waals surface area contributed by atoms with Crippen molar-refractivity contribution < 1.29 is 23.0 Å². The third-order valence-electron chi connectivity index (χ3n) is 6.97. The summed E-state index contributed by atoms with van der Waals surface area (Å²) in [6.45, 7) is 0.0843. The minimum Gasteiger partial charge on any atom is -0.496 e. The number of benzene rings is 4. The normalized spacial score (nSPS) is 10.6. The molecule has 0 spiro atoms. The van der Waals surface area contributed by atoms with Gasteiger partial charge in [-0.25, -0.2) is 18.7 Å². The van der Waals surface area contributed by atoms with Crippen LogP contribution in [0, 0.1) is 11.6 Å². The van der Waals surface area contributed by atoms with Crippen molar-refractivity contribution in [2.45, 2.75) is 6.54 Å². The van der Waals surface area contributed by atoms with Crippen LogP contribution in [0.4, 0.5) is 8.78 Å². The number of aldehydes is 1. The summed E-state index contributed by atoms with van der Waals surface area (Å²) in [7, 11) is 2.98. The first-order valence-electron chi connectivity index (χ1n) is 13.6. The monoisotopic (exact) mass is 657 g/mol. The van der Waals surface area contributed by atoms with Crippen LogP contribution in [0.3, 0.4) is 0 Å². The Hall–Kier alpha value is -5.28. The number of nitrogens with zero attached hydrogens (tertiary/aromatic N) is 5. The Morgan fingerprint density at radius 2 is 1.30 bits per heavy atom. The van der Waals surface area contributed by atoms with E-state index in [1.807, 2.05) is 24.3 Å². The quantitative estimate of drug-likeness (QED) is 0.0734. The van der Waals surface area contributed by atoms with Gasteiger partial charge in [-0.15, -0.1) is 0 Å². The predicted octanol–water partition coefficient (Wildman–Crippen LogP) is 10.0. The number of ether oxygens (including phenoxy) is 2. The van der Waals surface area contributed by atoms with Gasteiger partial charge in [-0.3, -0.25) is 4.79 Å². The molecule has 0 N–H and O–H groups in total. The summed E-state index contributed by atoms with van der Waals surface area (Å²) in [4.78, 5) is 23.2. The zero-order chi connectivity index (χ0) is 32.8. The van der Waals surface area contributed by atoms with Gasteiger partial charge >= 0.3 is 0 Å². The number of rotatable bonds is 7. The summed E-state index contributed by atoms with van der Waals surface area (Å²) >= 11 is 12.4. The highest BCUT2D eigenvalue weighted by Crippen LogP contribution is 2.36. The first-order valence-corrected chi connectivity index (χ1v) is 14.3. The van der Waals surface area contributed by atoms with Gasteiger partial charge in [0.2, 0.25) is 0 Å². The summed E-state index contributed by atoms with van der Waals surface area (Å²) < 4.78 is 37.9. The van der Waals surface area contributed by atoms with E-state index in [1.165, 1.54) is 50.6 Å². The van der Waals surface area contributed by atoms with Crippen molar-refractivity contribution >= 4 is 51.3 Å². The van der Waals surface area contributed by atoms with Crippen LogP contribution >= 0.6 is 23.2 Å². The number of halogens is 4. The molecule has 4 aromatic carbocycles. The predicted molar refractivity (Wildman–Crippen MR) is 176 cm³/mol. The van der Waals surface area contributed by atoms with E-state index in [4.69, 9.17) is 38.2 Å². The van der Waals surface area contributed by atoms with Gasteiger partial charge in [0.1, 0.15) is 23.1 Å². The summed E-state index contributed by atoms with van der Waals surface area (Å²) in [5.74, 6) is 0.0520. The largest absolute Gasteiger partial charge is 0.496 e. The van der Waals surface area contributed by atoms with Gasteiger partial charge in [0.25, 0.3) is 0 Å². The van der Waals surface area contributed by atoms with Crippen molar-refractivity contribution in [2.24, 2.45) is 5.11 Å². The smallest absolute Gasteiger partial charge is 0.152 e.